The number of likely N-dealkylation sites (N-methyl/N-ethyl adjacent to an activating group) is 1. The molecule has 0 aromatic heterocycles. The van der Waals surface area contributed by atoms with Crippen LogP contribution in [0.2, 0.25) is 0 Å². The average molecular weight is 263 g/mol. The van der Waals surface area contributed by atoms with Crippen molar-refractivity contribution in [3.05, 3.63) is 29.8 Å². The molecule has 1 saturated heterocycles. The van der Waals surface area contributed by atoms with E-state index in [1.54, 1.807) is 7.11 Å². The number of benzene rings is 1. The van der Waals surface area contributed by atoms with Crippen LogP contribution in [0.5, 0.6) is 5.75 Å². The van der Waals surface area contributed by atoms with Gasteiger partial charge in [-0.05, 0) is 25.1 Å². The number of hydrogen-bond acceptors (Lipinski definition) is 4. The Morgan fingerprint density at radius 2 is 2.00 bits per heavy atom. The van der Waals surface area contributed by atoms with Gasteiger partial charge in [-0.1, -0.05) is 18.2 Å². The smallest absolute Gasteiger partial charge is 0.122 e. The summed E-state index contributed by atoms with van der Waals surface area (Å²) in [6.07, 6.45) is 1.03. The minimum atomic E-state index is 0.998. The Hall–Kier alpha value is -1.10. The number of ether oxygens (including phenoxy) is 1. The molecule has 1 aliphatic rings. The molecule has 106 valence electrons. The Morgan fingerprint density at radius 3 is 2.74 bits per heavy atom. The molecule has 2 rings (SSSR count). The van der Waals surface area contributed by atoms with Crippen molar-refractivity contribution in [1.82, 2.24) is 15.1 Å². The van der Waals surface area contributed by atoms with E-state index in [1.165, 1.54) is 5.56 Å². The second-order valence-corrected chi connectivity index (χ2v) is 5.15. The topological polar surface area (TPSA) is 27.7 Å². The molecule has 0 saturated carbocycles. The highest BCUT2D eigenvalue weighted by atomic mass is 16.5. The van der Waals surface area contributed by atoms with E-state index in [2.05, 4.69) is 34.3 Å². The third kappa shape index (κ3) is 4.49. The predicted octanol–water partition coefficient (Wildman–Crippen LogP) is 1.03. The molecule has 0 amide bonds. The predicted molar refractivity (Wildman–Crippen MR) is 78.6 cm³/mol. The minimum Gasteiger partial charge on any atom is -0.496 e. The van der Waals surface area contributed by atoms with Gasteiger partial charge in [-0.15, -0.1) is 0 Å². The highest BCUT2D eigenvalue weighted by Gasteiger charge is 2.11. The fourth-order valence-electron chi connectivity index (χ4n) is 2.49. The third-order valence-electron chi connectivity index (χ3n) is 3.61. The molecule has 0 unspecified atom stereocenters. The van der Waals surface area contributed by atoms with Crippen molar-refractivity contribution in [3.63, 3.8) is 0 Å². The SMILES string of the molecule is COc1ccccc1CCN(C)CN1CCNCC1. The highest BCUT2D eigenvalue weighted by Crippen LogP contribution is 2.17. The Labute approximate surface area is 116 Å². The molecule has 0 atom stereocenters. The Balaban J connectivity index is 1.77. The van der Waals surface area contributed by atoms with Gasteiger partial charge >= 0.3 is 0 Å². The van der Waals surface area contributed by atoms with Crippen molar-refractivity contribution in [2.24, 2.45) is 0 Å². The van der Waals surface area contributed by atoms with Crippen molar-refractivity contribution in [1.29, 1.82) is 0 Å². The Morgan fingerprint density at radius 1 is 1.26 bits per heavy atom. The van der Waals surface area contributed by atoms with Crippen LogP contribution in [0.25, 0.3) is 0 Å². The zero-order valence-electron chi connectivity index (χ0n) is 12.1. The number of para-hydroxylation sites is 1. The van der Waals surface area contributed by atoms with Crippen LogP contribution < -0.4 is 10.1 Å². The molecule has 1 heterocycles. The summed E-state index contributed by atoms with van der Waals surface area (Å²) < 4.78 is 5.39. The number of methoxy groups -OCH3 is 1. The fraction of sp³-hybridized carbons (Fsp3) is 0.600. The van der Waals surface area contributed by atoms with Gasteiger partial charge in [-0.3, -0.25) is 9.80 Å². The molecule has 1 N–H and O–H groups in total. The Bertz CT molecular complexity index is 377. The molecule has 1 aromatic rings. The summed E-state index contributed by atoms with van der Waals surface area (Å²) in [7, 11) is 3.93. The molecule has 1 fully saturated rings. The van der Waals surface area contributed by atoms with E-state index in [1.807, 2.05) is 12.1 Å². The first-order chi connectivity index (χ1) is 9.29. The fourth-order valence-corrected chi connectivity index (χ4v) is 2.49. The van der Waals surface area contributed by atoms with E-state index in [0.29, 0.717) is 0 Å². The lowest BCUT2D eigenvalue weighted by Gasteiger charge is -2.31. The van der Waals surface area contributed by atoms with E-state index in [9.17, 15) is 0 Å². The summed E-state index contributed by atoms with van der Waals surface area (Å²) in [6, 6.07) is 8.28. The molecular weight excluding hydrogens is 238 g/mol. The molecular formula is C15H25N3O. The Kier molecular flexibility index (Phi) is 5.63. The highest BCUT2D eigenvalue weighted by molar-refractivity contribution is 5.33. The van der Waals surface area contributed by atoms with Crippen LogP contribution in [-0.4, -0.2) is 63.3 Å². The molecule has 4 nitrogen and oxygen atoms in total. The lowest BCUT2D eigenvalue weighted by Crippen LogP contribution is -2.47. The van der Waals surface area contributed by atoms with Gasteiger partial charge in [0, 0.05) is 32.7 Å². The van der Waals surface area contributed by atoms with Crippen LogP contribution in [0.3, 0.4) is 0 Å². The van der Waals surface area contributed by atoms with Crippen LogP contribution in [0, 0.1) is 0 Å². The molecule has 4 heteroatoms. The summed E-state index contributed by atoms with van der Waals surface area (Å²) in [5.74, 6) is 0.998. The van der Waals surface area contributed by atoms with Gasteiger partial charge in [0.25, 0.3) is 0 Å². The number of nitrogens with zero attached hydrogens (tertiary/aromatic N) is 2. The van der Waals surface area contributed by atoms with E-state index < -0.39 is 0 Å². The molecule has 19 heavy (non-hydrogen) atoms. The van der Waals surface area contributed by atoms with Crippen LogP contribution in [-0.2, 0) is 6.42 Å². The van der Waals surface area contributed by atoms with Crippen LogP contribution in [0.15, 0.2) is 24.3 Å². The van der Waals surface area contributed by atoms with Crippen molar-refractivity contribution < 1.29 is 4.74 Å². The van der Waals surface area contributed by atoms with Gasteiger partial charge < -0.3 is 10.1 Å². The van der Waals surface area contributed by atoms with E-state index in [0.717, 1.165) is 51.6 Å². The molecule has 1 aromatic carbocycles. The zero-order chi connectivity index (χ0) is 13.5. The lowest BCUT2D eigenvalue weighted by molar-refractivity contribution is 0.140. The van der Waals surface area contributed by atoms with Crippen molar-refractivity contribution in [3.8, 4) is 5.75 Å². The average Bonchev–Trinajstić information content (AvgIpc) is 2.46. The van der Waals surface area contributed by atoms with Crippen molar-refractivity contribution in [2.75, 3.05) is 53.5 Å². The number of nitrogens with one attached hydrogen (secondary N) is 1. The lowest BCUT2D eigenvalue weighted by atomic mass is 10.1. The summed E-state index contributed by atoms with van der Waals surface area (Å²) in [5.41, 5.74) is 1.29. The van der Waals surface area contributed by atoms with Gasteiger partial charge in [-0.2, -0.15) is 0 Å². The zero-order valence-corrected chi connectivity index (χ0v) is 12.1. The summed E-state index contributed by atoms with van der Waals surface area (Å²) in [5, 5.41) is 3.38. The standard InChI is InChI=1S/C15H25N3O/c1-17(13-18-11-8-16-9-12-18)10-7-14-5-3-4-6-15(14)19-2/h3-6,16H,7-13H2,1-2H3. The van der Waals surface area contributed by atoms with Crippen molar-refractivity contribution in [2.45, 2.75) is 6.42 Å². The van der Waals surface area contributed by atoms with E-state index in [-0.39, 0.29) is 0 Å². The first kappa shape index (κ1) is 14.3. The third-order valence-corrected chi connectivity index (χ3v) is 3.61. The summed E-state index contributed by atoms with van der Waals surface area (Å²) in [4.78, 5) is 4.89. The second kappa shape index (κ2) is 7.48. The number of rotatable bonds is 6. The molecule has 0 spiro atoms. The largest absolute Gasteiger partial charge is 0.496 e. The van der Waals surface area contributed by atoms with Crippen molar-refractivity contribution >= 4 is 0 Å². The van der Waals surface area contributed by atoms with Gasteiger partial charge in [0.05, 0.1) is 13.8 Å². The van der Waals surface area contributed by atoms with Gasteiger partial charge in [0.2, 0.25) is 0 Å². The van der Waals surface area contributed by atoms with E-state index in [4.69, 9.17) is 4.74 Å². The second-order valence-electron chi connectivity index (χ2n) is 5.15. The first-order valence-electron chi connectivity index (χ1n) is 7.03. The normalized spacial score (nSPS) is 16.8. The van der Waals surface area contributed by atoms with Crippen LogP contribution in [0.1, 0.15) is 5.56 Å². The monoisotopic (exact) mass is 263 g/mol. The summed E-state index contributed by atoms with van der Waals surface area (Å²) >= 11 is 0. The van der Waals surface area contributed by atoms with Gasteiger partial charge in [0.15, 0.2) is 0 Å². The maximum atomic E-state index is 5.39. The maximum Gasteiger partial charge on any atom is 0.122 e. The van der Waals surface area contributed by atoms with Crippen LogP contribution in [0.4, 0.5) is 0 Å². The molecule has 0 bridgehead atoms. The van der Waals surface area contributed by atoms with E-state index >= 15 is 0 Å². The first-order valence-corrected chi connectivity index (χ1v) is 7.03. The molecule has 1 aliphatic heterocycles. The van der Waals surface area contributed by atoms with Gasteiger partial charge in [-0.25, -0.2) is 0 Å². The van der Waals surface area contributed by atoms with Crippen LogP contribution >= 0.6 is 0 Å². The minimum absolute atomic E-state index is 0.998. The quantitative estimate of drug-likeness (QED) is 0.830. The van der Waals surface area contributed by atoms with Gasteiger partial charge in [0.1, 0.15) is 5.75 Å². The molecule has 0 radical (unpaired) electrons. The summed E-state index contributed by atoms with van der Waals surface area (Å²) in [6.45, 7) is 6.64. The number of piperazine rings is 1. The molecule has 0 aliphatic carbocycles. The maximum absolute atomic E-state index is 5.39. The number of hydrogen-bond donors (Lipinski definition) is 1.